The van der Waals surface area contributed by atoms with E-state index in [-0.39, 0.29) is 5.91 Å². The van der Waals surface area contributed by atoms with Crippen LogP contribution in [0.4, 0.5) is 0 Å². The molecule has 0 spiro atoms. The molecule has 11 heavy (non-hydrogen) atoms. The molecule has 0 radical (unpaired) electrons. The lowest BCUT2D eigenvalue weighted by Gasteiger charge is -2.10. The third-order valence-corrected chi connectivity index (χ3v) is 2.87. The first-order chi connectivity index (χ1) is 5.22. The average Bonchev–Trinajstić information content (AvgIpc) is 2.81. The average molecular weight is 155 g/mol. The van der Waals surface area contributed by atoms with Crippen molar-refractivity contribution >= 4 is 5.91 Å². The van der Waals surface area contributed by atoms with Crippen molar-refractivity contribution in [2.24, 2.45) is 5.41 Å². The molecule has 1 amide bonds. The quantitative estimate of drug-likeness (QED) is 0.657. The van der Waals surface area contributed by atoms with Crippen LogP contribution in [-0.4, -0.2) is 13.0 Å². The fourth-order valence-corrected chi connectivity index (χ4v) is 1.46. The van der Waals surface area contributed by atoms with Crippen LogP contribution >= 0.6 is 0 Å². The molecule has 2 nitrogen and oxygen atoms in total. The van der Waals surface area contributed by atoms with E-state index in [4.69, 9.17) is 0 Å². The molecule has 0 aromatic carbocycles. The summed E-state index contributed by atoms with van der Waals surface area (Å²) < 4.78 is 0. The second-order valence-electron chi connectivity index (χ2n) is 3.53. The Balaban J connectivity index is 2.16. The highest BCUT2D eigenvalue weighted by Crippen LogP contribution is 2.52. The predicted octanol–water partition coefficient (Wildman–Crippen LogP) is 1.70. The molecular formula is C9H17NO. The van der Waals surface area contributed by atoms with Crippen molar-refractivity contribution in [1.82, 2.24) is 5.32 Å². The second-order valence-corrected chi connectivity index (χ2v) is 3.53. The Morgan fingerprint density at radius 2 is 2.18 bits per heavy atom. The molecule has 0 atom stereocenters. The van der Waals surface area contributed by atoms with Crippen LogP contribution in [0.2, 0.25) is 0 Å². The zero-order chi connectivity index (χ0) is 8.32. The topological polar surface area (TPSA) is 29.1 Å². The van der Waals surface area contributed by atoms with Crippen LogP contribution in [-0.2, 0) is 4.79 Å². The largest absolute Gasteiger partial charge is 0.359 e. The normalized spacial score (nSPS) is 19.5. The first kappa shape index (κ1) is 8.57. The van der Waals surface area contributed by atoms with E-state index in [2.05, 4.69) is 12.2 Å². The van der Waals surface area contributed by atoms with E-state index < -0.39 is 0 Å². The minimum atomic E-state index is 0.185. The summed E-state index contributed by atoms with van der Waals surface area (Å²) in [5, 5.41) is 2.65. The summed E-state index contributed by atoms with van der Waals surface area (Å²) in [7, 11) is 1.70. The summed E-state index contributed by atoms with van der Waals surface area (Å²) in [6, 6.07) is 0. The van der Waals surface area contributed by atoms with Gasteiger partial charge < -0.3 is 5.32 Å². The van der Waals surface area contributed by atoms with Crippen molar-refractivity contribution in [3.63, 3.8) is 0 Å². The molecule has 1 rings (SSSR count). The third-order valence-electron chi connectivity index (χ3n) is 2.87. The van der Waals surface area contributed by atoms with E-state index in [1.807, 2.05) is 0 Å². The van der Waals surface area contributed by atoms with Gasteiger partial charge in [-0.2, -0.15) is 0 Å². The Kier molecular flexibility index (Phi) is 2.53. The van der Waals surface area contributed by atoms with Crippen molar-refractivity contribution in [1.29, 1.82) is 0 Å². The highest BCUT2D eigenvalue weighted by Gasteiger charge is 2.40. The van der Waals surface area contributed by atoms with Crippen LogP contribution in [0.25, 0.3) is 0 Å². The zero-order valence-electron chi connectivity index (χ0n) is 7.44. The maximum Gasteiger partial charge on any atom is 0.219 e. The van der Waals surface area contributed by atoms with Gasteiger partial charge >= 0.3 is 0 Å². The lowest BCUT2D eigenvalue weighted by Crippen LogP contribution is -2.18. The second kappa shape index (κ2) is 3.24. The van der Waals surface area contributed by atoms with Crippen LogP contribution in [0, 0.1) is 5.41 Å². The Bertz CT molecular complexity index is 150. The molecule has 0 aromatic rings. The molecule has 0 saturated heterocycles. The first-order valence-corrected chi connectivity index (χ1v) is 4.43. The van der Waals surface area contributed by atoms with Crippen molar-refractivity contribution in [2.75, 3.05) is 7.05 Å². The van der Waals surface area contributed by atoms with Crippen LogP contribution in [0.5, 0.6) is 0 Å². The van der Waals surface area contributed by atoms with Gasteiger partial charge in [-0.15, -0.1) is 0 Å². The van der Waals surface area contributed by atoms with Gasteiger partial charge in [0.2, 0.25) is 5.91 Å². The lowest BCUT2D eigenvalue weighted by atomic mass is 9.97. The summed E-state index contributed by atoms with van der Waals surface area (Å²) in [4.78, 5) is 10.9. The molecule has 1 saturated carbocycles. The molecule has 1 aliphatic carbocycles. The van der Waals surface area contributed by atoms with Crippen LogP contribution < -0.4 is 5.32 Å². The summed E-state index contributed by atoms with van der Waals surface area (Å²) in [6.07, 6.45) is 5.71. The van der Waals surface area contributed by atoms with Crippen molar-refractivity contribution in [2.45, 2.75) is 39.0 Å². The number of carbonyl (C=O) groups excluding carboxylic acids is 1. The van der Waals surface area contributed by atoms with Gasteiger partial charge in [0.05, 0.1) is 0 Å². The molecule has 1 fully saturated rings. The highest BCUT2D eigenvalue weighted by atomic mass is 16.1. The number of rotatable bonds is 4. The predicted molar refractivity (Wildman–Crippen MR) is 45.3 cm³/mol. The van der Waals surface area contributed by atoms with E-state index in [9.17, 15) is 4.79 Å². The molecule has 64 valence electrons. The number of hydrogen-bond acceptors (Lipinski definition) is 1. The molecule has 0 heterocycles. The molecular weight excluding hydrogens is 138 g/mol. The summed E-state index contributed by atoms with van der Waals surface area (Å²) in [5.41, 5.74) is 0.562. The summed E-state index contributed by atoms with van der Waals surface area (Å²) >= 11 is 0. The number of nitrogens with one attached hydrogen (secondary N) is 1. The van der Waals surface area contributed by atoms with Gasteiger partial charge in [-0.3, -0.25) is 4.79 Å². The van der Waals surface area contributed by atoms with Gasteiger partial charge in [0.1, 0.15) is 0 Å². The fraction of sp³-hybridized carbons (Fsp3) is 0.889. The van der Waals surface area contributed by atoms with E-state index in [0.717, 1.165) is 6.42 Å². The van der Waals surface area contributed by atoms with E-state index >= 15 is 0 Å². The maximum atomic E-state index is 10.9. The minimum absolute atomic E-state index is 0.185. The molecule has 0 aromatic heterocycles. The Hall–Kier alpha value is -0.530. The fourth-order valence-electron chi connectivity index (χ4n) is 1.46. The molecule has 0 bridgehead atoms. The maximum absolute atomic E-state index is 10.9. The standard InChI is InChI=1S/C9H17NO/c1-3-9(6-7-9)5-4-8(11)10-2/h3-7H2,1-2H3,(H,10,11). The van der Waals surface area contributed by atoms with Gasteiger partial charge in [0.25, 0.3) is 0 Å². The number of amides is 1. The van der Waals surface area contributed by atoms with Crippen LogP contribution in [0.3, 0.4) is 0 Å². The SMILES string of the molecule is CCC1(CCC(=O)NC)CC1. The van der Waals surface area contributed by atoms with Gasteiger partial charge in [0, 0.05) is 13.5 Å². The van der Waals surface area contributed by atoms with E-state index in [0.29, 0.717) is 11.8 Å². The van der Waals surface area contributed by atoms with Crippen LogP contribution in [0.15, 0.2) is 0 Å². The lowest BCUT2D eigenvalue weighted by molar-refractivity contribution is -0.120. The van der Waals surface area contributed by atoms with Crippen molar-refractivity contribution in [3.05, 3.63) is 0 Å². The summed E-state index contributed by atoms with van der Waals surface area (Å²) in [6.45, 7) is 2.22. The third kappa shape index (κ3) is 2.21. The van der Waals surface area contributed by atoms with E-state index in [1.165, 1.54) is 19.3 Å². The Labute approximate surface area is 68.4 Å². The molecule has 1 aliphatic rings. The van der Waals surface area contributed by atoms with Gasteiger partial charge in [-0.05, 0) is 24.7 Å². The minimum Gasteiger partial charge on any atom is -0.359 e. The van der Waals surface area contributed by atoms with Crippen molar-refractivity contribution in [3.8, 4) is 0 Å². The Morgan fingerprint density at radius 1 is 1.55 bits per heavy atom. The monoisotopic (exact) mass is 155 g/mol. The Morgan fingerprint density at radius 3 is 2.55 bits per heavy atom. The molecule has 1 N–H and O–H groups in total. The van der Waals surface area contributed by atoms with Gasteiger partial charge in [-0.1, -0.05) is 13.3 Å². The zero-order valence-corrected chi connectivity index (χ0v) is 7.44. The molecule has 0 aliphatic heterocycles. The smallest absolute Gasteiger partial charge is 0.219 e. The number of carbonyl (C=O) groups is 1. The molecule has 0 unspecified atom stereocenters. The summed E-state index contributed by atoms with van der Waals surface area (Å²) in [5.74, 6) is 0.185. The van der Waals surface area contributed by atoms with Crippen molar-refractivity contribution < 1.29 is 4.79 Å². The van der Waals surface area contributed by atoms with Gasteiger partial charge in [0.15, 0.2) is 0 Å². The first-order valence-electron chi connectivity index (χ1n) is 4.43. The highest BCUT2D eigenvalue weighted by molar-refractivity contribution is 5.75. The van der Waals surface area contributed by atoms with Gasteiger partial charge in [-0.25, -0.2) is 0 Å². The van der Waals surface area contributed by atoms with E-state index in [1.54, 1.807) is 7.05 Å². The van der Waals surface area contributed by atoms with Crippen LogP contribution in [0.1, 0.15) is 39.0 Å². The molecule has 2 heteroatoms. The number of hydrogen-bond donors (Lipinski definition) is 1.